The van der Waals surface area contributed by atoms with E-state index in [0.29, 0.717) is 11.1 Å². The third-order valence-electron chi connectivity index (χ3n) is 4.61. The van der Waals surface area contributed by atoms with E-state index in [1.165, 1.54) is 32.4 Å². The van der Waals surface area contributed by atoms with Gasteiger partial charge in [-0.25, -0.2) is 4.39 Å². The zero-order valence-electron chi connectivity index (χ0n) is 16.3. The van der Waals surface area contributed by atoms with Gasteiger partial charge in [0.1, 0.15) is 5.82 Å². The maximum Gasteiger partial charge on any atom is 0.255 e. The molecule has 2 aromatic carbocycles. The number of hydrogen-bond acceptors (Lipinski definition) is 5. The SMILES string of the molecule is COc1cc(C(=O)N(Cc2ccccc2F)C2CC2)cc(OC)c1OCC(N)=O. The van der Waals surface area contributed by atoms with Gasteiger partial charge in [-0.1, -0.05) is 18.2 Å². The number of nitrogens with two attached hydrogens (primary N) is 1. The van der Waals surface area contributed by atoms with Gasteiger partial charge in [0.15, 0.2) is 18.1 Å². The first-order chi connectivity index (χ1) is 13.9. The highest BCUT2D eigenvalue weighted by atomic mass is 19.1. The first-order valence-electron chi connectivity index (χ1n) is 9.16. The number of hydrogen-bond donors (Lipinski definition) is 1. The van der Waals surface area contributed by atoms with Gasteiger partial charge in [0.05, 0.1) is 14.2 Å². The molecule has 0 spiro atoms. The minimum Gasteiger partial charge on any atom is -0.493 e. The molecule has 154 valence electrons. The minimum atomic E-state index is -0.654. The Bertz CT molecular complexity index is 889. The van der Waals surface area contributed by atoms with Crippen LogP contribution < -0.4 is 19.9 Å². The van der Waals surface area contributed by atoms with Gasteiger partial charge in [0.2, 0.25) is 5.75 Å². The minimum absolute atomic E-state index is 0.0601. The molecule has 7 nitrogen and oxygen atoms in total. The van der Waals surface area contributed by atoms with Crippen LogP contribution in [0.1, 0.15) is 28.8 Å². The van der Waals surface area contributed by atoms with Crippen LogP contribution in [0.5, 0.6) is 17.2 Å². The molecule has 0 heterocycles. The normalized spacial score (nSPS) is 12.9. The Balaban J connectivity index is 1.91. The molecule has 2 amide bonds. The average molecular weight is 402 g/mol. The maximum atomic E-state index is 14.1. The van der Waals surface area contributed by atoms with E-state index in [9.17, 15) is 14.0 Å². The predicted octanol–water partition coefficient (Wildman–Crippen LogP) is 2.51. The summed E-state index contributed by atoms with van der Waals surface area (Å²) in [5, 5.41) is 0. The van der Waals surface area contributed by atoms with E-state index >= 15 is 0 Å². The summed E-state index contributed by atoms with van der Waals surface area (Å²) in [7, 11) is 2.83. The fraction of sp³-hybridized carbons (Fsp3) is 0.333. The number of methoxy groups -OCH3 is 2. The number of carbonyl (C=O) groups excluding carboxylic acids is 2. The Kier molecular flexibility index (Phi) is 6.21. The number of amides is 2. The van der Waals surface area contributed by atoms with Crippen LogP contribution >= 0.6 is 0 Å². The van der Waals surface area contributed by atoms with E-state index in [0.717, 1.165) is 12.8 Å². The van der Waals surface area contributed by atoms with E-state index in [-0.39, 0.29) is 48.2 Å². The van der Waals surface area contributed by atoms with Crippen molar-refractivity contribution < 1.29 is 28.2 Å². The Morgan fingerprint density at radius 1 is 1.14 bits per heavy atom. The van der Waals surface area contributed by atoms with Crippen LogP contribution in [0.2, 0.25) is 0 Å². The molecule has 0 unspecified atom stereocenters. The number of ether oxygens (including phenoxy) is 3. The van der Waals surface area contributed by atoms with Gasteiger partial charge in [-0.05, 0) is 31.0 Å². The number of benzene rings is 2. The molecule has 0 atom stereocenters. The zero-order chi connectivity index (χ0) is 21.0. The average Bonchev–Trinajstić information content (AvgIpc) is 3.55. The lowest BCUT2D eigenvalue weighted by Crippen LogP contribution is -2.33. The molecule has 1 aliphatic rings. The highest BCUT2D eigenvalue weighted by Gasteiger charge is 2.34. The molecule has 0 aliphatic heterocycles. The van der Waals surface area contributed by atoms with Crippen LogP contribution in [0.15, 0.2) is 36.4 Å². The van der Waals surface area contributed by atoms with Crippen molar-refractivity contribution in [3.63, 3.8) is 0 Å². The monoisotopic (exact) mass is 402 g/mol. The van der Waals surface area contributed by atoms with Crippen molar-refractivity contribution in [2.45, 2.75) is 25.4 Å². The third-order valence-corrected chi connectivity index (χ3v) is 4.61. The van der Waals surface area contributed by atoms with Crippen molar-refractivity contribution in [3.8, 4) is 17.2 Å². The Morgan fingerprint density at radius 2 is 1.76 bits per heavy atom. The summed E-state index contributed by atoms with van der Waals surface area (Å²) < 4.78 is 30.1. The smallest absolute Gasteiger partial charge is 0.255 e. The van der Waals surface area contributed by atoms with Crippen LogP contribution in [-0.2, 0) is 11.3 Å². The zero-order valence-corrected chi connectivity index (χ0v) is 16.3. The molecule has 0 saturated heterocycles. The largest absolute Gasteiger partial charge is 0.493 e. The summed E-state index contributed by atoms with van der Waals surface area (Å²) in [6.45, 7) is -0.192. The van der Waals surface area contributed by atoms with Crippen LogP contribution in [-0.4, -0.2) is 43.6 Å². The van der Waals surface area contributed by atoms with E-state index < -0.39 is 5.91 Å². The fourth-order valence-corrected chi connectivity index (χ4v) is 3.02. The van der Waals surface area contributed by atoms with Crippen molar-refractivity contribution in [2.24, 2.45) is 5.73 Å². The second kappa shape index (κ2) is 8.81. The molecule has 0 aromatic heterocycles. The van der Waals surface area contributed by atoms with Gasteiger partial charge in [-0.15, -0.1) is 0 Å². The van der Waals surface area contributed by atoms with Crippen LogP contribution in [0.25, 0.3) is 0 Å². The van der Waals surface area contributed by atoms with Crippen molar-refractivity contribution in [3.05, 3.63) is 53.3 Å². The molecule has 1 saturated carbocycles. The molecule has 8 heteroatoms. The lowest BCUT2D eigenvalue weighted by Gasteiger charge is -2.24. The summed E-state index contributed by atoms with van der Waals surface area (Å²) in [5.41, 5.74) is 5.90. The van der Waals surface area contributed by atoms with Gasteiger partial charge in [-0.3, -0.25) is 9.59 Å². The van der Waals surface area contributed by atoms with E-state index in [1.54, 1.807) is 23.1 Å². The Morgan fingerprint density at radius 3 is 2.28 bits per heavy atom. The van der Waals surface area contributed by atoms with Crippen molar-refractivity contribution in [1.82, 2.24) is 4.90 Å². The van der Waals surface area contributed by atoms with Crippen LogP contribution in [0.3, 0.4) is 0 Å². The second-order valence-electron chi connectivity index (χ2n) is 6.72. The Labute approximate surface area is 168 Å². The molecular weight excluding hydrogens is 379 g/mol. The first-order valence-corrected chi connectivity index (χ1v) is 9.16. The fourth-order valence-electron chi connectivity index (χ4n) is 3.02. The van der Waals surface area contributed by atoms with Crippen molar-refractivity contribution in [1.29, 1.82) is 0 Å². The summed E-state index contributed by atoms with van der Waals surface area (Å²) in [6, 6.07) is 9.48. The Hall–Kier alpha value is -3.29. The molecule has 1 fully saturated rings. The van der Waals surface area contributed by atoms with Gasteiger partial charge in [0, 0.05) is 23.7 Å². The first kappa shape index (κ1) is 20.4. The molecule has 0 bridgehead atoms. The molecule has 3 rings (SSSR count). The lowest BCUT2D eigenvalue weighted by atomic mass is 10.1. The second-order valence-corrected chi connectivity index (χ2v) is 6.72. The number of primary amides is 1. The summed E-state index contributed by atoms with van der Waals surface area (Å²) in [6.07, 6.45) is 1.74. The summed E-state index contributed by atoms with van der Waals surface area (Å²) in [4.78, 5) is 25.9. The number of halogens is 1. The highest BCUT2D eigenvalue weighted by molar-refractivity contribution is 5.96. The molecule has 29 heavy (non-hydrogen) atoms. The van der Waals surface area contributed by atoms with E-state index in [4.69, 9.17) is 19.9 Å². The number of carbonyl (C=O) groups is 2. The van der Waals surface area contributed by atoms with Crippen LogP contribution in [0, 0.1) is 5.82 Å². The quantitative estimate of drug-likeness (QED) is 0.696. The highest BCUT2D eigenvalue weighted by Crippen LogP contribution is 2.40. The van der Waals surface area contributed by atoms with E-state index in [1.807, 2.05) is 0 Å². The van der Waals surface area contributed by atoms with Crippen molar-refractivity contribution in [2.75, 3.05) is 20.8 Å². The topological polar surface area (TPSA) is 91.1 Å². The van der Waals surface area contributed by atoms with Gasteiger partial charge in [-0.2, -0.15) is 0 Å². The maximum absolute atomic E-state index is 14.1. The van der Waals surface area contributed by atoms with E-state index in [2.05, 4.69) is 0 Å². The molecule has 0 radical (unpaired) electrons. The van der Waals surface area contributed by atoms with Crippen molar-refractivity contribution >= 4 is 11.8 Å². The molecular formula is C21H23FN2O5. The molecule has 2 aromatic rings. The molecule has 2 N–H and O–H groups in total. The van der Waals surface area contributed by atoms with Gasteiger partial charge in [0.25, 0.3) is 11.8 Å². The number of rotatable bonds is 9. The predicted molar refractivity (Wildman–Crippen MR) is 104 cm³/mol. The third kappa shape index (κ3) is 4.77. The van der Waals surface area contributed by atoms with Gasteiger partial charge < -0.3 is 24.8 Å². The molecule has 1 aliphatic carbocycles. The lowest BCUT2D eigenvalue weighted by molar-refractivity contribution is -0.120. The standard InChI is InChI=1S/C21H23FN2O5/c1-27-17-9-14(10-18(28-2)20(17)29-12-19(23)25)21(26)24(15-7-8-15)11-13-5-3-4-6-16(13)22/h3-6,9-10,15H,7-8,11-12H2,1-2H3,(H2,23,25). The van der Waals surface area contributed by atoms with Crippen LogP contribution in [0.4, 0.5) is 4.39 Å². The summed E-state index contributed by atoms with van der Waals surface area (Å²) >= 11 is 0. The van der Waals surface area contributed by atoms with Gasteiger partial charge >= 0.3 is 0 Å². The number of nitrogens with zero attached hydrogens (tertiary/aromatic N) is 1. The summed E-state index contributed by atoms with van der Waals surface area (Å²) in [5.74, 6) is -0.632.